The lowest BCUT2D eigenvalue weighted by Crippen LogP contribution is -2.39. The molecule has 0 amide bonds. The van der Waals surface area contributed by atoms with Crippen molar-refractivity contribution in [1.29, 1.82) is 0 Å². The molecule has 1 aliphatic rings. The van der Waals surface area contributed by atoms with Crippen LogP contribution in [0.5, 0.6) is 0 Å². The third-order valence-electron chi connectivity index (χ3n) is 4.04. The summed E-state index contributed by atoms with van der Waals surface area (Å²) in [6.45, 7) is 4.26. The zero-order chi connectivity index (χ0) is 14.5. The summed E-state index contributed by atoms with van der Waals surface area (Å²) >= 11 is 0. The summed E-state index contributed by atoms with van der Waals surface area (Å²) in [4.78, 5) is 11.4. The molecule has 0 unspecified atom stereocenters. The number of aliphatic hydroxyl groups is 1. The number of fused-ring (bicyclic) bond motifs is 1. The van der Waals surface area contributed by atoms with Crippen LogP contribution < -0.4 is 5.32 Å². The highest BCUT2D eigenvalue weighted by atomic mass is 16.3. The van der Waals surface area contributed by atoms with Crippen LogP contribution in [-0.2, 0) is 0 Å². The zero-order valence-electron chi connectivity index (χ0n) is 12.2. The van der Waals surface area contributed by atoms with Crippen LogP contribution in [0.1, 0.15) is 12.8 Å². The molecule has 21 heavy (non-hydrogen) atoms. The van der Waals surface area contributed by atoms with Gasteiger partial charge in [-0.15, -0.1) is 0 Å². The van der Waals surface area contributed by atoms with Crippen molar-refractivity contribution in [2.45, 2.75) is 12.8 Å². The molecule has 2 N–H and O–H groups in total. The van der Waals surface area contributed by atoms with E-state index in [1.807, 2.05) is 24.3 Å². The van der Waals surface area contributed by atoms with Gasteiger partial charge in [-0.1, -0.05) is 12.1 Å². The predicted octanol–water partition coefficient (Wildman–Crippen LogP) is 1.75. The highest BCUT2D eigenvalue weighted by molar-refractivity contribution is 5.75. The highest BCUT2D eigenvalue weighted by Crippen LogP contribution is 2.15. The maximum absolute atomic E-state index is 9.25. The van der Waals surface area contributed by atoms with Crippen LogP contribution in [0.15, 0.2) is 30.5 Å². The molecule has 5 nitrogen and oxygen atoms in total. The number of hydrogen-bond acceptors (Lipinski definition) is 5. The first kappa shape index (κ1) is 14.2. The molecule has 1 aromatic heterocycles. The third-order valence-corrected chi connectivity index (χ3v) is 4.04. The number of benzene rings is 1. The quantitative estimate of drug-likeness (QED) is 0.877. The molecule has 0 saturated carbocycles. The Kier molecular flexibility index (Phi) is 4.62. The number of anilines is 1. The first-order chi connectivity index (χ1) is 10.3. The van der Waals surface area contributed by atoms with Crippen molar-refractivity contribution in [2.75, 3.05) is 38.1 Å². The van der Waals surface area contributed by atoms with Crippen molar-refractivity contribution in [3.63, 3.8) is 0 Å². The summed E-state index contributed by atoms with van der Waals surface area (Å²) in [5.41, 5.74) is 1.84. The van der Waals surface area contributed by atoms with E-state index in [0.717, 1.165) is 49.5 Å². The average molecular weight is 286 g/mol. The van der Waals surface area contributed by atoms with E-state index in [0.29, 0.717) is 12.5 Å². The van der Waals surface area contributed by atoms with Gasteiger partial charge in [0.05, 0.1) is 17.2 Å². The summed E-state index contributed by atoms with van der Waals surface area (Å²) in [6, 6.07) is 7.89. The molecule has 1 fully saturated rings. The van der Waals surface area contributed by atoms with E-state index in [2.05, 4.69) is 20.2 Å². The summed E-state index contributed by atoms with van der Waals surface area (Å²) in [7, 11) is 0. The molecule has 0 aliphatic carbocycles. The van der Waals surface area contributed by atoms with Crippen molar-refractivity contribution in [2.24, 2.45) is 5.92 Å². The Balaban J connectivity index is 1.52. The summed E-state index contributed by atoms with van der Waals surface area (Å²) in [5.74, 6) is 1.27. The molecule has 3 rings (SSSR count). The summed E-state index contributed by atoms with van der Waals surface area (Å²) < 4.78 is 0. The Hall–Kier alpha value is -1.72. The number of hydrogen-bond donors (Lipinski definition) is 2. The van der Waals surface area contributed by atoms with Crippen LogP contribution >= 0.6 is 0 Å². The van der Waals surface area contributed by atoms with Crippen LogP contribution in [0.4, 0.5) is 5.82 Å². The Morgan fingerprint density at radius 3 is 3.00 bits per heavy atom. The van der Waals surface area contributed by atoms with Gasteiger partial charge in [0.25, 0.3) is 0 Å². The fourth-order valence-corrected chi connectivity index (χ4v) is 2.89. The highest BCUT2D eigenvalue weighted by Gasteiger charge is 2.18. The maximum atomic E-state index is 9.25. The van der Waals surface area contributed by atoms with Gasteiger partial charge in [0.2, 0.25) is 0 Å². The van der Waals surface area contributed by atoms with Crippen molar-refractivity contribution < 1.29 is 5.11 Å². The minimum absolute atomic E-state index is 0.306. The fourth-order valence-electron chi connectivity index (χ4n) is 2.89. The molecule has 5 heteroatoms. The minimum Gasteiger partial charge on any atom is -0.396 e. The second-order valence-electron chi connectivity index (χ2n) is 5.66. The molecule has 0 spiro atoms. The standard InChI is InChI=1S/C16H22N4O/c21-12-13-4-3-8-20(11-13)9-7-17-16-10-18-14-5-1-2-6-15(14)19-16/h1-2,5-6,10,13,21H,3-4,7-9,11-12H2,(H,17,19)/t13-/m1/s1. The van der Waals surface area contributed by atoms with E-state index in [1.54, 1.807) is 6.20 Å². The normalized spacial score (nSPS) is 19.8. The molecular formula is C16H22N4O. The first-order valence-electron chi connectivity index (χ1n) is 7.64. The van der Waals surface area contributed by atoms with Crippen LogP contribution in [0, 0.1) is 5.92 Å². The van der Waals surface area contributed by atoms with Gasteiger partial charge >= 0.3 is 0 Å². The number of para-hydroxylation sites is 2. The molecule has 1 saturated heterocycles. The van der Waals surface area contributed by atoms with Crippen molar-refractivity contribution >= 4 is 16.9 Å². The van der Waals surface area contributed by atoms with Crippen molar-refractivity contribution in [1.82, 2.24) is 14.9 Å². The zero-order valence-corrected chi connectivity index (χ0v) is 12.2. The number of likely N-dealkylation sites (tertiary alicyclic amines) is 1. The lowest BCUT2D eigenvalue weighted by molar-refractivity contribution is 0.123. The summed E-state index contributed by atoms with van der Waals surface area (Å²) in [6.07, 6.45) is 4.12. The van der Waals surface area contributed by atoms with E-state index < -0.39 is 0 Å². The number of nitrogens with zero attached hydrogens (tertiary/aromatic N) is 3. The van der Waals surface area contributed by atoms with Gasteiger partial charge in [0, 0.05) is 26.2 Å². The smallest absolute Gasteiger partial charge is 0.145 e. The molecule has 2 aromatic rings. The number of piperidine rings is 1. The molecule has 1 aliphatic heterocycles. The molecule has 2 heterocycles. The molecule has 1 atom stereocenters. The Morgan fingerprint density at radius 2 is 2.14 bits per heavy atom. The van der Waals surface area contributed by atoms with Crippen LogP contribution in [0.3, 0.4) is 0 Å². The fraction of sp³-hybridized carbons (Fsp3) is 0.500. The lowest BCUT2D eigenvalue weighted by Gasteiger charge is -2.31. The molecule has 112 valence electrons. The van der Waals surface area contributed by atoms with E-state index in [4.69, 9.17) is 0 Å². The Labute approximate surface area is 125 Å². The SMILES string of the molecule is OC[C@@H]1CCCN(CCNc2cnc3ccccc3n2)C1. The lowest BCUT2D eigenvalue weighted by atomic mass is 9.99. The van der Waals surface area contributed by atoms with Crippen LogP contribution in [0.2, 0.25) is 0 Å². The first-order valence-corrected chi connectivity index (χ1v) is 7.64. The second kappa shape index (κ2) is 6.83. The number of rotatable bonds is 5. The van der Waals surface area contributed by atoms with Crippen LogP contribution in [0.25, 0.3) is 11.0 Å². The maximum Gasteiger partial charge on any atom is 0.145 e. The number of nitrogens with one attached hydrogen (secondary N) is 1. The van der Waals surface area contributed by atoms with Crippen molar-refractivity contribution in [3.05, 3.63) is 30.5 Å². The molecular weight excluding hydrogens is 264 g/mol. The van der Waals surface area contributed by atoms with E-state index in [9.17, 15) is 5.11 Å². The van der Waals surface area contributed by atoms with Crippen molar-refractivity contribution in [3.8, 4) is 0 Å². The van der Waals surface area contributed by atoms with Gasteiger partial charge in [-0.25, -0.2) is 4.98 Å². The number of aliphatic hydroxyl groups excluding tert-OH is 1. The monoisotopic (exact) mass is 286 g/mol. The van der Waals surface area contributed by atoms with E-state index >= 15 is 0 Å². The molecule has 1 aromatic carbocycles. The summed E-state index contributed by atoms with van der Waals surface area (Å²) in [5, 5.41) is 12.6. The van der Waals surface area contributed by atoms with E-state index in [-0.39, 0.29) is 0 Å². The Bertz CT molecular complexity index is 589. The van der Waals surface area contributed by atoms with Crippen LogP contribution in [-0.4, -0.2) is 52.8 Å². The Morgan fingerprint density at radius 1 is 1.29 bits per heavy atom. The largest absolute Gasteiger partial charge is 0.396 e. The molecule has 0 radical (unpaired) electrons. The van der Waals surface area contributed by atoms with Gasteiger partial charge in [0.15, 0.2) is 0 Å². The van der Waals surface area contributed by atoms with Gasteiger partial charge in [-0.3, -0.25) is 4.98 Å². The van der Waals surface area contributed by atoms with Gasteiger partial charge in [0.1, 0.15) is 5.82 Å². The minimum atomic E-state index is 0.306. The van der Waals surface area contributed by atoms with E-state index in [1.165, 1.54) is 6.42 Å². The van der Waals surface area contributed by atoms with Gasteiger partial charge in [-0.2, -0.15) is 0 Å². The van der Waals surface area contributed by atoms with Gasteiger partial charge < -0.3 is 15.3 Å². The average Bonchev–Trinajstić information content (AvgIpc) is 2.55. The second-order valence-corrected chi connectivity index (χ2v) is 5.66. The topological polar surface area (TPSA) is 61.3 Å². The molecule has 0 bridgehead atoms. The van der Waals surface area contributed by atoms with Gasteiger partial charge in [-0.05, 0) is 37.4 Å². The third kappa shape index (κ3) is 3.68. The predicted molar refractivity (Wildman–Crippen MR) is 84.3 cm³/mol. The number of aromatic nitrogens is 2.